The molecule has 0 aliphatic carbocycles. The molecule has 0 atom stereocenters. The molecule has 0 unspecified atom stereocenters. The molecule has 2 heterocycles. The number of piperidine rings is 1. The highest BCUT2D eigenvalue weighted by molar-refractivity contribution is 7.99. The number of para-hydroxylation sites is 2. The van der Waals surface area contributed by atoms with Gasteiger partial charge in [-0.05, 0) is 31.4 Å². The van der Waals surface area contributed by atoms with Gasteiger partial charge in [-0.15, -0.1) is 10.2 Å². The maximum absolute atomic E-state index is 5.93. The van der Waals surface area contributed by atoms with Crippen LogP contribution in [0.2, 0.25) is 0 Å². The fourth-order valence-corrected chi connectivity index (χ4v) is 3.68. The molecular formula is C17H21ClN4OS. The van der Waals surface area contributed by atoms with Crippen molar-refractivity contribution in [2.24, 2.45) is 0 Å². The molecule has 0 amide bonds. The van der Waals surface area contributed by atoms with E-state index in [-0.39, 0.29) is 0 Å². The van der Waals surface area contributed by atoms with Gasteiger partial charge < -0.3 is 9.64 Å². The average molecular weight is 365 g/mol. The fourth-order valence-electron chi connectivity index (χ4n) is 2.82. The van der Waals surface area contributed by atoms with Crippen LogP contribution in [-0.4, -0.2) is 40.7 Å². The van der Waals surface area contributed by atoms with Gasteiger partial charge in [0.25, 0.3) is 0 Å². The maximum Gasteiger partial charge on any atom is 0.232 e. The fraction of sp³-hybridized carbons (Fsp3) is 0.412. The number of hydrogen-bond acceptors (Lipinski definition) is 5. The topological polar surface area (TPSA) is 43.2 Å². The van der Waals surface area contributed by atoms with Crippen molar-refractivity contribution in [2.45, 2.75) is 24.4 Å². The summed E-state index contributed by atoms with van der Waals surface area (Å²) >= 11 is 7.46. The van der Waals surface area contributed by atoms with Crippen LogP contribution in [0.3, 0.4) is 0 Å². The molecule has 1 aliphatic rings. The third-order valence-corrected chi connectivity index (χ3v) is 5.25. The average Bonchev–Trinajstić information content (AvgIpc) is 3.04. The zero-order valence-electron chi connectivity index (χ0n) is 13.7. The molecule has 1 aromatic heterocycles. The summed E-state index contributed by atoms with van der Waals surface area (Å²) < 4.78 is 7.61. The molecule has 3 rings (SSSR count). The number of rotatable bonds is 6. The van der Waals surface area contributed by atoms with Crippen LogP contribution in [0.25, 0.3) is 5.69 Å². The van der Waals surface area contributed by atoms with Crippen molar-refractivity contribution in [1.82, 2.24) is 14.8 Å². The Morgan fingerprint density at radius 3 is 2.71 bits per heavy atom. The largest absolute Gasteiger partial charge is 0.495 e. The van der Waals surface area contributed by atoms with Gasteiger partial charge in [-0.1, -0.05) is 42.1 Å². The van der Waals surface area contributed by atoms with E-state index in [0.29, 0.717) is 10.8 Å². The molecule has 1 saturated heterocycles. The quantitative estimate of drug-likeness (QED) is 0.721. The Morgan fingerprint density at radius 2 is 2.00 bits per heavy atom. The molecule has 0 bridgehead atoms. The monoisotopic (exact) mass is 364 g/mol. The van der Waals surface area contributed by atoms with Crippen molar-refractivity contribution in [2.75, 3.05) is 30.9 Å². The summed E-state index contributed by atoms with van der Waals surface area (Å²) in [6.07, 6.45) is 3.63. The van der Waals surface area contributed by atoms with Crippen LogP contribution < -0.4 is 9.64 Å². The normalized spacial score (nSPS) is 14.7. The van der Waals surface area contributed by atoms with Crippen LogP contribution in [0, 0.1) is 0 Å². The summed E-state index contributed by atoms with van der Waals surface area (Å²) in [7, 11) is 1.68. The van der Waals surface area contributed by atoms with Gasteiger partial charge in [0.1, 0.15) is 5.75 Å². The van der Waals surface area contributed by atoms with Crippen LogP contribution in [-0.2, 0) is 0 Å². The summed E-state index contributed by atoms with van der Waals surface area (Å²) in [5.74, 6) is 2.25. The van der Waals surface area contributed by atoms with Gasteiger partial charge in [0, 0.05) is 23.9 Å². The summed E-state index contributed by atoms with van der Waals surface area (Å²) in [6.45, 7) is 5.76. The molecule has 0 N–H and O–H groups in total. The molecule has 0 spiro atoms. The lowest BCUT2D eigenvalue weighted by molar-refractivity contribution is 0.412. The van der Waals surface area contributed by atoms with Crippen molar-refractivity contribution >= 4 is 29.3 Å². The predicted octanol–water partition coefficient (Wildman–Crippen LogP) is 4.11. The van der Waals surface area contributed by atoms with E-state index in [4.69, 9.17) is 16.3 Å². The van der Waals surface area contributed by atoms with Gasteiger partial charge in [-0.2, -0.15) is 0 Å². The molecule has 2 aromatic rings. The van der Waals surface area contributed by atoms with E-state index in [0.717, 1.165) is 35.6 Å². The molecule has 24 heavy (non-hydrogen) atoms. The molecule has 0 radical (unpaired) electrons. The number of methoxy groups -OCH3 is 1. The van der Waals surface area contributed by atoms with Crippen molar-refractivity contribution in [3.05, 3.63) is 35.9 Å². The van der Waals surface area contributed by atoms with Gasteiger partial charge >= 0.3 is 0 Å². The minimum Gasteiger partial charge on any atom is -0.495 e. The smallest absolute Gasteiger partial charge is 0.232 e. The van der Waals surface area contributed by atoms with E-state index in [1.165, 1.54) is 31.0 Å². The zero-order chi connectivity index (χ0) is 16.9. The highest BCUT2D eigenvalue weighted by Crippen LogP contribution is 2.33. The number of aromatic nitrogens is 3. The molecule has 7 heteroatoms. The minimum absolute atomic E-state index is 0.592. The summed E-state index contributed by atoms with van der Waals surface area (Å²) in [4.78, 5) is 2.29. The van der Waals surface area contributed by atoms with E-state index in [2.05, 4.69) is 26.2 Å². The number of anilines is 1. The number of hydrogen-bond donors (Lipinski definition) is 0. The zero-order valence-corrected chi connectivity index (χ0v) is 15.3. The van der Waals surface area contributed by atoms with Crippen molar-refractivity contribution < 1.29 is 4.74 Å². The van der Waals surface area contributed by atoms with Crippen LogP contribution in [0.15, 0.2) is 41.0 Å². The van der Waals surface area contributed by atoms with Crippen molar-refractivity contribution in [1.29, 1.82) is 0 Å². The second-order valence-corrected chi connectivity index (χ2v) is 7.12. The Bertz CT molecular complexity index is 712. The standard InChI is InChI=1S/C17H21ClN4OS/c1-13(18)12-24-17-20-19-16(21-10-6-3-7-11-21)22(17)14-8-4-5-9-15(14)23-2/h4-5,8-9H,1,3,6-7,10-12H2,2H3. The van der Waals surface area contributed by atoms with Crippen molar-refractivity contribution in [3.63, 3.8) is 0 Å². The minimum atomic E-state index is 0.592. The molecule has 128 valence electrons. The second kappa shape index (κ2) is 7.94. The number of benzene rings is 1. The molecule has 1 aliphatic heterocycles. The first-order valence-electron chi connectivity index (χ1n) is 8.00. The van der Waals surface area contributed by atoms with Crippen LogP contribution in [0.5, 0.6) is 5.75 Å². The van der Waals surface area contributed by atoms with Gasteiger partial charge in [-0.3, -0.25) is 4.57 Å². The summed E-state index contributed by atoms with van der Waals surface area (Å²) in [6, 6.07) is 7.92. The van der Waals surface area contributed by atoms with Crippen molar-refractivity contribution in [3.8, 4) is 11.4 Å². The van der Waals surface area contributed by atoms with Gasteiger partial charge in [0.05, 0.1) is 12.8 Å². The lowest BCUT2D eigenvalue weighted by Gasteiger charge is -2.28. The Labute approximate surface area is 151 Å². The Kier molecular flexibility index (Phi) is 5.68. The van der Waals surface area contributed by atoms with Gasteiger partial charge in [0.2, 0.25) is 5.95 Å². The van der Waals surface area contributed by atoms with E-state index in [9.17, 15) is 0 Å². The van der Waals surface area contributed by atoms with E-state index in [1.54, 1.807) is 7.11 Å². The number of ether oxygens (including phenoxy) is 1. The predicted molar refractivity (Wildman–Crippen MR) is 99.7 cm³/mol. The summed E-state index contributed by atoms with van der Waals surface area (Å²) in [5, 5.41) is 10.2. The van der Waals surface area contributed by atoms with Crippen LogP contribution >= 0.6 is 23.4 Å². The SMILES string of the molecule is C=C(Cl)CSc1nnc(N2CCCCC2)n1-c1ccccc1OC. The maximum atomic E-state index is 5.93. The molecule has 5 nitrogen and oxygen atoms in total. The van der Waals surface area contributed by atoms with Gasteiger partial charge in [-0.25, -0.2) is 0 Å². The van der Waals surface area contributed by atoms with E-state index in [1.807, 2.05) is 24.3 Å². The number of halogens is 1. The number of thioether (sulfide) groups is 1. The molecule has 0 saturated carbocycles. The van der Waals surface area contributed by atoms with E-state index < -0.39 is 0 Å². The lowest BCUT2D eigenvalue weighted by Crippen LogP contribution is -2.31. The highest BCUT2D eigenvalue weighted by Gasteiger charge is 2.23. The third kappa shape index (κ3) is 3.70. The van der Waals surface area contributed by atoms with E-state index >= 15 is 0 Å². The van der Waals surface area contributed by atoms with Gasteiger partial charge in [0.15, 0.2) is 5.16 Å². The Balaban J connectivity index is 2.04. The van der Waals surface area contributed by atoms with Crippen LogP contribution in [0.1, 0.15) is 19.3 Å². The third-order valence-electron chi connectivity index (χ3n) is 3.94. The Morgan fingerprint density at radius 1 is 1.25 bits per heavy atom. The summed E-state index contributed by atoms with van der Waals surface area (Å²) in [5.41, 5.74) is 0.938. The molecule has 1 aromatic carbocycles. The lowest BCUT2D eigenvalue weighted by atomic mass is 10.1. The number of nitrogens with zero attached hydrogens (tertiary/aromatic N) is 4. The Hall–Kier alpha value is -1.66. The first kappa shape index (κ1) is 17.2. The highest BCUT2D eigenvalue weighted by atomic mass is 35.5. The first-order valence-corrected chi connectivity index (χ1v) is 9.37. The van der Waals surface area contributed by atoms with Crippen LogP contribution in [0.4, 0.5) is 5.95 Å². The first-order chi connectivity index (χ1) is 11.7. The molecular weight excluding hydrogens is 344 g/mol. The molecule has 1 fully saturated rings. The second-order valence-electron chi connectivity index (χ2n) is 5.64.